The zero-order valence-corrected chi connectivity index (χ0v) is 11.8. The summed E-state index contributed by atoms with van der Waals surface area (Å²) in [6.07, 6.45) is 1.98. The summed E-state index contributed by atoms with van der Waals surface area (Å²) >= 11 is 0. The Morgan fingerprint density at radius 3 is 2.95 bits per heavy atom. The molecule has 0 bridgehead atoms. The fourth-order valence-electron chi connectivity index (χ4n) is 2.01. The molecule has 1 aromatic heterocycles. The topological polar surface area (TPSA) is 79.0 Å². The van der Waals surface area contributed by atoms with E-state index in [1.807, 2.05) is 12.1 Å². The zero-order chi connectivity index (χ0) is 15.2. The molecule has 0 aliphatic rings. The van der Waals surface area contributed by atoms with Gasteiger partial charge in [-0.25, -0.2) is 4.98 Å². The maximum atomic E-state index is 12.2. The lowest BCUT2D eigenvalue weighted by molar-refractivity contribution is -0.130. The van der Waals surface area contributed by atoms with Gasteiger partial charge in [0, 0.05) is 26.6 Å². The Morgan fingerprint density at radius 2 is 2.19 bits per heavy atom. The number of amides is 1. The van der Waals surface area contributed by atoms with Gasteiger partial charge in [-0.1, -0.05) is 12.1 Å². The van der Waals surface area contributed by atoms with Crippen LogP contribution in [0.4, 0.5) is 0 Å². The third-order valence-electron chi connectivity index (χ3n) is 3.28. The Balaban J connectivity index is 2.07. The summed E-state index contributed by atoms with van der Waals surface area (Å²) in [6, 6.07) is 9.12. The summed E-state index contributed by atoms with van der Waals surface area (Å²) in [6.45, 7) is 0.687. The molecular weight excluding hydrogens is 268 g/mol. The molecule has 0 N–H and O–H groups in total. The SMILES string of the molecule is CN(CCC#N)C(=O)CCn1cnc2ccccc2c1=O. The van der Waals surface area contributed by atoms with Gasteiger partial charge in [-0.3, -0.25) is 14.2 Å². The van der Waals surface area contributed by atoms with Crippen molar-refractivity contribution in [1.82, 2.24) is 14.5 Å². The second-order valence-corrected chi connectivity index (χ2v) is 4.73. The first kappa shape index (κ1) is 14.7. The number of para-hydroxylation sites is 1. The number of carbonyl (C=O) groups excluding carboxylic acids is 1. The number of fused-ring (bicyclic) bond motifs is 1. The number of carbonyl (C=O) groups is 1. The number of rotatable bonds is 5. The molecule has 0 atom stereocenters. The molecule has 6 heteroatoms. The molecule has 1 heterocycles. The summed E-state index contributed by atoms with van der Waals surface area (Å²) in [5.41, 5.74) is 0.504. The third kappa shape index (κ3) is 3.45. The molecule has 0 aliphatic carbocycles. The minimum atomic E-state index is -0.145. The van der Waals surface area contributed by atoms with Gasteiger partial charge in [0.15, 0.2) is 0 Å². The summed E-state index contributed by atoms with van der Waals surface area (Å²) in [5, 5.41) is 9.05. The Morgan fingerprint density at radius 1 is 1.43 bits per heavy atom. The molecule has 6 nitrogen and oxygen atoms in total. The molecular formula is C15H16N4O2. The maximum absolute atomic E-state index is 12.2. The van der Waals surface area contributed by atoms with E-state index in [0.717, 1.165) is 0 Å². The smallest absolute Gasteiger partial charge is 0.261 e. The first-order valence-electron chi connectivity index (χ1n) is 6.68. The van der Waals surface area contributed by atoms with Gasteiger partial charge in [-0.2, -0.15) is 5.26 Å². The number of hydrogen-bond acceptors (Lipinski definition) is 4. The molecule has 2 rings (SSSR count). The van der Waals surface area contributed by atoms with E-state index in [0.29, 0.717) is 23.9 Å². The van der Waals surface area contributed by atoms with Crippen molar-refractivity contribution < 1.29 is 4.79 Å². The van der Waals surface area contributed by atoms with Gasteiger partial charge in [-0.05, 0) is 12.1 Å². The third-order valence-corrected chi connectivity index (χ3v) is 3.28. The van der Waals surface area contributed by atoms with Gasteiger partial charge in [0.2, 0.25) is 5.91 Å². The van der Waals surface area contributed by atoms with E-state index in [2.05, 4.69) is 4.98 Å². The van der Waals surface area contributed by atoms with Crippen LogP contribution in [-0.2, 0) is 11.3 Å². The van der Waals surface area contributed by atoms with Crippen molar-refractivity contribution >= 4 is 16.8 Å². The maximum Gasteiger partial charge on any atom is 0.261 e. The molecule has 21 heavy (non-hydrogen) atoms. The van der Waals surface area contributed by atoms with Gasteiger partial charge >= 0.3 is 0 Å². The number of nitrogens with zero attached hydrogens (tertiary/aromatic N) is 4. The number of benzene rings is 1. The largest absolute Gasteiger partial charge is 0.345 e. The quantitative estimate of drug-likeness (QED) is 0.825. The van der Waals surface area contributed by atoms with E-state index < -0.39 is 0 Å². The molecule has 0 unspecified atom stereocenters. The van der Waals surface area contributed by atoms with Crippen molar-refractivity contribution in [3.63, 3.8) is 0 Å². The lowest BCUT2D eigenvalue weighted by Gasteiger charge is -2.15. The molecule has 0 radical (unpaired) electrons. The molecule has 0 spiro atoms. The van der Waals surface area contributed by atoms with Gasteiger partial charge in [0.05, 0.1) is 29.7 Å². The first-order chi connectivity index (χ1) is 10.1. The van der Waals surface area contributed by atoms with Crippen LogP contribution in [0, 0.1) is 11.3 Å². The molecule has 0 aliphatic heterocycles. The average Bonchev–Trinajstić information content (AvgIpc) is 2.52. The monoisotopic (exact) mass is 284 g/mol. The van der Waals surface area contributed by atoms with Gasteiger partial charge in [0.1, 0.15) is 0 Å². The van der Waals surface area contributed by atoms with E-state index in [4.69, 9.17) is 5.26 Å². The van der Waals surface area contributed by atoms with Crippen LogP contribution < -0.4 is 5.56 Å². The highest BCUT2D eigenvalue weighted by molar-refractivity contribution is 5.77. The predicted octanol–water partition coefficient (Wildman–Crippen LogP) is 1.16. The molecule has 0 saturated heterocycles. The van der Waals surface area contributed by atoms with E-state index in [1.54, 1.807) is 25.2 Å². The molecule has 0 saturated carbocycles. The Hall–Kier alpha value is -2.68. The lowest BCUT2D eigenvalue weighted by Crippen LogP contribution is -2.30. The summed E-state index contributed by atoms with van der Waals surface area (Å²) in [5.74, 6) is -0.0923. The second kappa shape index (κ2) is 6.66. The van der Waals surface area contributed by atoms with E-state index in [9.17, 15) is 9.59 Å². The van der Waals surface area contributed by atoms with Gasteiger partial charge < -0.3 is 4.90 Å². The van der Waals surface area contributed by atoms with Crippen LogP contribution in [0.5, 0.6) is 0 Å². The van der Waals surface area contributed by atoms with Crippen LogP contribution in [0.1, 0.15) is 12.8 Å². The molecule has 0 fully saturated rings. The average molecular weight is 284 g/mol. The van der Waals surface area contributed by atoms with Crippen molar-refractivity contribution in [2.75, 3.05) is 13.6 Å². The van der Waals surface area contributed by atoms with Gasteiger partial charge in [0.25, 0.3) is 5.56 Å². The molecule has 108 valence electrons. The van der Waals surface area contributed by atoms with Crippen LogP contribution in [0.15, 0.2) is 35.4 Å². The highest BCUT2D eigenvalue weighted by Crippen LogP contribution is 2.05. The number of nitriles is 1. The van der Waals surface area contributed by atoms with E-state index in [1.165, 1.54) is 15.8 Å². The number of hydrogen-bond donors (Lipinski definition) is 0. The van der Waals surface area contributed by atoms with E-state index in [-0.39, 0.29) is 24.4 Å². The number of aromatic nitrogens is 2. The fourth-order valence-corrected chi connectivity index (χ4v) is 2.01. The van der Waals surface area contributed by atoms with Crippen LogP contribution in [-0.4, -0.2) is 34.0 Å². The van der Waals surface area contributed by atoms with Crippen LogP contribution in [0.2, 0.25) is 0 Å². The normalized spacial score (nSPS) is 10.3. The zero-order valence-electron chi connectivity index (χ0n) is 11.8. The van der Waals surface area contributed by atoms with Gasteiger partial charge in [-0.15, -0.1) is 0 Å². The minimum absolute atomic E-state index is 0.0923. The van der Waals surface area contributed by atoms with Crippen molar-refractivity contribution in [3.8, 4) is 6.07 Å². The summed E-state index contributed by atoms with van der Waals surface area (Å²) in [7, 11) is 1.65. The standard InChI is InChI=1S/C15H16N4O2/c1-18(9-4-8-16)14(20)7-10-19-11-17-13-6-3-2-5-12(13)15(19)21/h2-3,5-6,11H,4,7,9-10H2,1H3. The Bertz CT molecular complexity index is 745. The highest BCUT2D eigenvalue weighted by Gasteiger charge is 2.10. The highest BCUT2D eigenvalue weighted by atomic mass is 16.2. The van der Waals surface area contributed by atoms with E-state index >= 15 is 0 Å². The van der Waals surface area contributed by atoms with Crippen LogP contribution >= 0.6 is 0 Å². The van der Waals surface area contributed by atoms with Crippen molar-refractivity contribution in [1.29, 1.82) is 5.26 Å². The summed E-state index contributed by atoms with van der Waals surface area (Å²) < 4.78 is 1.44. The Kier molecular flexibility index (Phi) is 4.67. The first-order valence-corrected chi connectivity index (χ1v) is 6.68. The molecule has 2 aromatic rings. The Labute approximate surface area is 122 Å². The lowest BCUT2D eigenvalue weighted by atomic mass is 10.2. The van der Waals surface area contributed by atoms with Crippen molar-refractivity contribution in [3.05, 3.63) is 40.9 Å². The van der Waals surface area contributed by atoms with Crippen LogP contribution in [0.3, 0.4) is 0 Å². The summed E-state index contributed by atoms with van der Waals surface area (Å²) in [4.78, 5) is 29.8. The minimum Gasteiger partial charge on any atom is -0.345 e. The fraction of sp³-hybridized carbons (Fsp3) is 0.333. The molecule has 1 amide bonds. The van der Waals surface area contributed by atoms with Crippen molar-refractivity contribution in [2.45, 2.75) is 19.4 Å². The molecule has 1 aromatic carbocycles. The number of aryl methyl sites for hydroxylation is 1. The van der Waals surface area contributed by atoms with Crippen LogP contribution in [0.25, 0.3) is 10.9 Å². The predicted molar refractivity (Wildman–Crippen MR) is 78.5 cm³/mol. The van der Waals surface area contributed by atoms with Crippen molar-refractivity contribution in [2.24, 2.45) is 0 Å². The second-order valence-electron chi connectivity index (χ2n) is 4.73.